The molecule has 2 fully saturated rings. The topological polar surface area (TPSA) is 32.3 Å². The summed E-state index contributed by atoms with van der Waals surface area (Å²) in [6, 6.07) is 12.8. The van der Waals surface area contributed by atoms with Crippen LogP contribution in [0.4, 0.5) is 0 Å². The third-order valence-electron chi connectivity index (χ3n) is 4.93. The quantitative estimate of drug-likeness (QED) is 0.935. The average molecular weight is 326 g/mol. The molecule has 2 aliphatic heterocycles. The van der Waals surface area contributed by atoms with Gasteiger partial charge in [0.05, 0.1) is 4.88 Å². The van der Waals surface area contributed by atoms with Gasteiger partial charge in [-0.3, -0.25) is 4.79 Å². The van der Waals surface area contributed by atoms with Gasteiger partial charge >= 0.3 is 0 Å². The number of nitrogens with zero attached hydrogens (tertiary/aromatic N) is 1. The molecule has 120 valence electrons. The largest absolute Gasteiger partial charge is 0.347 e. The highest BCUT2D eigenvalue weighted by Gasteiger charge is 2.33. The molecular weight excluding hydrogens is 304 g/mol. The van der Waals surface area contributed by atoms with Gasteiger partial charge in [0, 0.05) is 24.0 Å². The molecule has 0 spiro atoms. The highest BCUT2D eigenvalue weighted by Crippen LogP contribution is 2.30. The number of aryl methyl sites for hydroxylation is 1. The number of nitrogens with one attached hydrogen (secondary N) is 1. The Morgan fingerprint density at radius 2 is 2.17 bits per heavy atom. The Kier molecular flexibility index (Phi) is 3.95. The molecule has 2 bridgehead atoms. The lowest BCUT2D eigenvalue weighted by molar-refractivity contribution is 0.0913. The first-order valence-corrected chi connectivity index (χ1v) is 9.19. The monoisotopic (exact) mass is 326 g/mol. The van der Waals surface area contributed by atoms with Gasteiger partial charge in [-0.25, -0.2) is 0 Å². The number of carbonyl (C=O) groups is 1. The molecule has 2 aliphatic rings. The van der Waals surface area contributed by atoms with Gasteiger partial charge < -0.3 is 10.2 Å². The second kappa shape index (κ2) is 6.10. The van der Waals surface area contributed by atoms with Crippen LogP contribution >= 0.6 is 11.3 Å². The van der Waals surface area contributed by atoms with E-state index in [0.29, 0.717) is 6.04 Å². The highest BCUT2D eigenvalue weighted by molar-refractivity contribution is 7.17. The summed E-state index contributed by atoms with van der Waals surface area (Å²) in [6.07, 6.45) is 2.43. The van der Waals surface area contributed by atoms with Crippen molar-refractivity contribution in [1.82, 2.24) is 10.2 Å². The molecule has 1 N–H and O–H groups in total. The van der Waals surface area contributed by atoms with E-state index < -0.39 is 0 Å². The number of rotatable bonds is 3. The summed E-state index contributed by atoms with van der Waals surface area (Å²) >= 11 is 1.58. The normalized spacial score (nSPS) is 26.2. The first kappa shape index (κ1) is 14.9. The third-order valence-corrected chi connectivity index (χ3v) is 6.07. The standard InChI is InChI=1S/C19H22N2OS/c1-13-3-2-4-15(9-13)17-5-6-18(23-17)19(22)20-16-10-14-7-8-21(11-14)12-16/h2-6,9,14,16H,7-8,10-12H2,1H3,(H,20,22)/t14-,16+/m1/s1. The first-order valence-electron chi connectivity index (χ1n) is 8.37. The molecule has 0 saturated carbocycles. The van der Waals surface area contributed by atoms with E-state index in [2.05, 4.69) is 47.5 Å². The molecule has 3 nitrogen and oxygen atoms in total. The molecule has 2 aromatic rings. The van der Waals surface area contributed by atoms with Gasteiger partial charge in [0.1, 0.15) is 0 Å². The summed E-state index contributed by atoms with van der Waals surface area (Å²) in [5.74, 6) is 0.863. The lowest BCUT2D eigenvalue weighted by atomic mass is 9.97. The number of amides is 1. The van der Waals surface area contributed by atoms with Gasteiger partial charge in [-0.1, -0.05) is 29.8 Å². The van der Waals surface area contributed by atoms with Gasteiger partial charge in [0.15, 0.2) is 0 Å². The van der Waals surface area contributed by atoms with E-state index in [1.807, 2.05) is 6.07 Å². The smallest absolute Gasteiger partial charge is 0.261 e. The number of hydrogen-bond acceptors (Lipinski definition) is 3. The zero-order chi connectivity index (χ0) is 15.8. The van der Waals surface area contributed by atoms with E-state index in [4.69, 9.17) is 0 Å². The van der Waals surface area contributed by atoms with Crippen LogP contribution in [0.5, 0.6) is 0 Å². The summed E-state index contributed by atoms with van der Waals surface area (Å²) in [5, 5.41) is 3.24. The van der Waals surface area contributed by atoms with Crippen molar-refractivity contribution in [3.8, 4) is 10.4 Å². The van der Waals surface area contributed by atoms with Crippen LogP contribution in [0.15, 0.2) is 36.4 Å². The number of fused-ring (bicyclic) bond motifs is 2. The van der Waals surface area contributed by atoms with Crippen LogP contribution in [-0.4, -0.2) is 36.5 Å². The van der Waals surface area contributed by atoms with Gasteiger partial charge in [0.25, 0.3) is 5.91 Å². The summed E-state index contributed by atoms with van der Waals surface area (Å²) in [6.45, 7) is 5.53. The van der Waals surface area contributed by atoms with Crippen LogP contribution in [0, 0.1) is 12.8 Å². The molecule has 0 radical (unpaired) electrons. The van der Waals surface area contributed by atoms with Crippen LogP contribution < -0.4 is 5.32 Å². The second-order valence-electron chi connectivity index (χ2n) is 6.85. The molecule has 1 aromatic heterocycles. The number of hydrogen-bond donors (Lipinski definition) is 1. The molecule has 4 heteroatoms. The number of carbonyl (C=O) groups excluding carboxylic acids is 1. The zero-order valence-electron chi connectivity index (χ0n) is 13.4. The highest BCUT2D eigenvalue weighted by atomic mass is 32.1. The van der Waals surface area contributed by atoms with Crippen molar-refractivity contribution in [2.75, 3.05) is 19.6 Å². The van der Waals surface area contributed by atoms with E-state index in [1.54, 1.807) is 11.3 Å². The van der Waals surface area contributed by atoms with Crippen LogP contribution in [0.1, 0.15) is 28.1 Å². The molecule has 0 aliphatic carbocycles. The minimum atomic E-state index is 0.0846. The Hall–Kier alpha value is -1.65. The fraction of sp³-hybridized carbons (Fsp3) is 0.421. The lowest BCUT2D eigenvalue weighted by Crippen LogP contribution is -2.46. The molecule has 1 amide bonds. The molecule has 2 saturated heterocycles. The van der Waals surface area contributed by atoms with Crippen LogP contribution in [0.2, 0.25) is 0 Å². The zero-order valence-corrected chi connectivity index (χ0v) is 14.2. The average Bonchev–Trinajstić information content (AvgIpc) is 3.14. The Balaban J connectivity index is 1.45. The Morgan fingerprint density at radius 1 is 1.26 bits per heavy atom. The maximum absolute atomic E-state index is 12.5. The van der Waals surface area contributed by atoms with E-state index in [-0.39, 0.29) is 5.91 Å². The molecule has 1 unspecified atom stereocenters. The van der Waals surface area contributed by atoms with Crippen LogP contribution in [0.25, 0.3) is 10.4 Å². The van der Waals surface area contributed by atoms with Crippen molar-refractivity contribution in [2.45, 2.75) is 25.8 Å². The second-order valence-corrected chi connectivity index (χ2v) is 7.94. The Labute approximate surface area is 141 Å². The van der Waals surface area contributed by atoms with E-state index in [9.17, 15) is 4.79 Å². The summed E-state index contributed by atoms with van der Waals surface area (Å²) in [5.41, 5.74) is 2.43. The predicted molar refractivity (Wildman–Crippen MR) is 94.9 cm³/mol. The number of thiophene rings is 1. The molecule has 3 heterocycles. The van der Waals surface area contributed by atoms with E-state index in [1.165, 1.54) is 30.6 Å². The van der Waals surface area contributed by atoms with Crippen molar-refractivity contribution in [1.29, 1.82) is 0 Å². The molecule has 3 atom stereocenters. The summed E-state index contributed by atoms with van der Waals surface area (Å²) < 4.78 is 0. The van der Waals surface area contributed by atoms with E-state index >= 15 is 0 Å². The number of benzene rings is 1. The Bertz CT molecular complexity index is 712. The van der Waals surface area contributed by atoms with Crippen molar-refractivity contribution in [3.63, 3.8) is 0 Å². The summed E-state index contributed by atoms with van der Waals surface area (Å²) in [4.78, 5) is 17.0. The number of piperidine rings is 1. The maximum atomic E-state index is 12.5. The fourth-order valence-electron chi connectivity index (χ4n) is 3.83. The SMILES string of the molecule is Cc1cccc(-c2ccc(C(=O)N[C@H]3C[C@H]4CCN(C4)C3)s2)c1. The van der Waals surface area contributed by atoms with Gasteiger partial charge in [-0.05, 0) is 49.9 Å². The van der Waals surface area contributed by atoms with Crippen molar-refractivity contribution in [3.05, 3.63) is 46.8 Å². The Morgan fingerprint density at radius 3 is 3.00 bits per heavy atom. The van der Waals surface area contributed by atoms with Crippen LogP contribution in [-0.2, 0) is 0 Å². The maximum Gasteiger partial charge on any atom is 0.261 e. The lowest BCUT2D eigenvalue weighted by Gasteiger charge is -2.30. The molecular formula is C19H22N2OS. The predicted octanol–water partition coefficient (Wildman–Crippen LogP) is 3.55. The van der Waals surface area contributed by atoms with Gasteiger partial charge in [-0.2, -0.15) is 0 Å². The first-order chi connectivity index (χ1) is 11.2. The van der Waals surface area contributed by atoms with Gasteiger partial charge in [0.2, 0.25) is 0 Å². The van der Waals surface area contributed by atoms with Crippen molar-refractivity contribution in [2.24, 2.45) is 5.92 Å². The fourth-order valence-corrected chi connectivity index (χ4v) is 4.74. The molecule has 1 aromatic carbocycles. The minimum Gasteiger partial charge on any atom is -0.347 e. The summed E-state index contributed by atoms with van der Waals surface area (Å²) in [7, 11) is 0. The van der Waals surface area contributed by atoms with Crippen LogP contribution in [0.3, 0.4) is 0 Å². The molecule has 23 heavy (non-hydrogen) atoms. The van der Waals surface area contributed by atoms with E-state index in [0.717, 1.165) is 28.6 Å². The molecule has 4 rings (SSSR count). The third kappa shape index (κ3) is 3.19. The van der Waals surface area contributed by atoms with Gasteiger partial charge in [-0.15, -0.1) is 11.3 Å². The van der Waals surface area contributed by atoms with Crippen molar-refractivity contribution < 1.29 is 4.79 Å². The minimum absolute atomic E-state index is 0.0846. The van der Waals surface area contributed by atoms with Crippen molar-refractivity contribution >= 4 is 17.2 Å².